The highest BCUT2D eigenvalue weighted by molar-refractivity contribution is 7.80. The molecular weight excluding hydrogens is 450 g/mol. The summed E-state index contributed by atoms with van der Waals surface area (Å²) in [4.78, 5) is 38.7. The first-order chi connectivity index (χ1) is 16.1. The van der Waals surface area contributed by atoms with E-state index >= 15 is 0 Å². The van der Waals surface area contributed by atoms with E-state index in [0.717, 1.165) is 28.2 Å². The zero-order valence-corrected chi connectivity index (χ0v) is 20.0. The monoisotopic (exact) mass is 473 g/mol. The van der Waals surface area contributed by atoms with Crippen molar-refractivity contribution < 1.29 is 19.5 Å². The molecule has 0 aliphatic carbocycles. The van der Waals surface area contributed by atoms with E-state index in [-0.39, 0.29) is 16.2 Å². The van der Waals surface area contributed by atoms with E-state index in [9.17, 15) is 19.5 Å². The van der Waals surface area contributed by atoms with Gasteiger partial charge in [0.2, 0.25) is 0 Å². The van der Waals surface area contributed by atoms with Crippen molar-refractivity contribution in [2.75, 3.05) is 4.90 Å². The molecule has 0 radical (unpaired) electrons. The van der Waals surface area contributed by atoms with E-state index in [2.05, 4.69) is 5.32 Å². The van der Waals surface area contributed by atoms with Crippen molar-refractivity contribution in [3.63, 3.8) is 0 Å². The van der Waals surface area contributed by atoms with Crippen molar-refractivity contribution in [3.05, 3.63) is 87.7 Å². The first-order valence-corrected chi connectivity index (χ1v) is 11.0. The average molecular weight is 474 g/mol. The molecule has 0 unspecified atom stereocenters. The number of carboxylic acids is 1. The van der Waals surface area contributed by atoms with Crippen LogP contribution < -0.4 is 10.2 Å². The highest BCUT2D eigenvalue weighted by Crippen LogP contribution is 2.28. The number of thiocarbonyl (C=S) groups is 1. The zero-order chi connectivity index (χ0) is 24.7. The van der Waals surface area contributed by atoms with Crippen LogP contribution in [0.4, 0.5) is 5.69 Å². The summed E-state index contributed by atoms with van der Waals surface area (Å²) >= 11 is 5.30. The summed E-state index contributed by atoms with van der Waals surface area (Å²) in [6.45, 7) is 7.52. The van der Waals surface area contributed by atoms with E-state index in [1.807, 2.05) is 56.5 Å². The highest BCUT2D eigenvalue weighted by Gasteiger charge is 2.35. The lowest BCUT2D eigenvalue weighted by molar-refractivity contribution is -0.122. The fourth-order valence-electron chi connectivity index (χ4n) is 4.19. The lowest BCUT2D eigenvalue weighted by atomic mass is 10.1. The number of amides is 2. The maximum Gasteiger partial charge on any atom is 0.335 e. The summed E-state index contributed by atoms with van der Waals surface area (Å²) < 4.78 is 1.97. The van der Waals surface area contributed by atoms with Gasteiger partial charge in [-0.25, -0.2) is 4.79 Å². The maximum absolute atomic E-state index is 13.4. The second-order valence-corrected chi connectivity index (χ2v) is 8.60. The Morgan fingerprint density at radius 3 is 2.32 bits per heavy atom. The molecule has 0 saturated carbocycles. The molecule has 1 aliphatic rings. The zero-order valence-electron chi connectivity index (χ0n) is 19.2. The number of aromatic nitrogens is 1. The number of carbonyl (C=O) groups excluding carboxylic acids is 2. The lowest BCUT2D eigenvalue weighted by Crippen LogP contribution is -2.54. The number of aryl methyl sites for hydroxylation is 3. The normalized spacial score (nSPS) is 15.1. The van der Waals surface area contributed by atoms with E-state index in [0.29, 0.717) is 11.3 Å². The average Bonchev–Trinajstić information content (AvgIpc) is 3.05. The minimum atomic E-state index is -0.987. The van der Waals surface area contributed by atoms with Gasteiger partial charge in [-0.15, -0.1) is 0 Å². The summed E-state index contributed by atoms with van der Waals surface area (Å²) in [6.07, 6.45) is 1.57. The molecule has 2 N–H and O–H groups in total. The molecule has 0 spiro atoms. The van der Waals surface area contributed by atoms with E-state index in [4.69, 9.17) is 12.2 Å². The molecule has 4 rings (SSSR count). The van der Waals surface area contributed by atoms with Gasteiger partial charge in [-0.05, 0) is 93.0 Å². The third kappa shape index (κ3) is 3.92. The van der Waals surface area contributed by atoms with Crippen LogP contribution in [0, 0.1) is 27.7 Å². The van der Waals surface area contributed by atoms with Crippen molar-refractivity contribution in [1.82, 2.24) is 9.88 Å². The standard InChI is InChI=1S/C26H23N3O4S/c1-14-7-5-6-8-21(14)29-24(31)20(23(30)27-26(29)34)13-19-12-16(3)28(17(19)4)22-10-9-18(25(32)33)11-15(22)2/h5-13H,1-4H3,(H,32,33)(H,27,30,34)/b20-13+. The Labute approximate surface area is 202 Å². The number of anilines is 1. The number of nitrogens with zero attached hydrogens (tertiary/aromatic N) is 2. The summed E-state index contributed by atoms with van der Waals surface area (Å²) in [5.41, 5.74) is 5.68. The van der Waals surface area contributed by atoms with Crippen LogP contribution in [0.5, 0.6) is 0 Å². The van der Waals surface area contributed by atoms with Crippen LogP contribution in [0.3, 0.4) is 0 Å². The van der Waals surface area contributed by atoms with Gasteiger partial charge in [0.1, 0.15) is 5.57 Å². The molecule has 2 heterocycles. The summed E-state index contributed by atoms with van der Waals surface area (Å²) in [5.74, 6) is -2.03. The molecule has 2 amide bonds. The van der Waals surface area contributed by atoms with Crippen molar-refractivity contribution in [1.29, 1.82) is 0 Å². The van der Waals surface area contributed by atoms with Gasteiger partial charge in [-0.2, -0.15) is 0 Å². The molecule has 1 saturated heterocycles. The smallest absolute Gasteiger partial charge is 0.335 e. The number of nitrogens with one attached hydrogen (secondary N) is 1. The van der Waals surface area contributed by atoms with Crippen molar-refractivity contribution in [2.45, 2.75) is 27.7 Å². The van der Waals surface area contributed by atoms with Crippen molar-refractivity contribution >= 4 is 46.9 Å². The van der Waals surface area contributed by atoms with Gasteiger partial charge in [-0.1, -0.05) is 18.2 Å². The number of rotatable bonds is 4. The number of hydrogen-bond acceptors (Lipinski definition) is 4. The van der Waals surface area contributed by atoms with Gasteiger partial charge in [-0.3, -0.25) is 19.8 Å². The van der Waals surface area contributed by atoms with Crippen molar-refractivity contribution in [2.24, 2.45) is 0 Å². The highest BCUT2D eigenvalue weighted by atomic mass is 32.1. The Morgan fingerprint density at radius 2 is 1.68 bits per heavy atom. The molecule has 1 fully saturated rings. The van der Waals surface area contributed by atoms with Crippen LogP contribution in [-0.2, 0) is 9.59 Å². The van der Waals surface area contributed by atoms with E-state index in [1.165, 1.54) is 4.90 Å². The molecule has 0 atom stereocenters. The number of carboxylic acid groups (broad SMARTS) is 1. The van der Waals surface area contributed by atoms with Gasteiger partial charge >= 0.3 is 5.97 Å². The third-order valence-electron chi connectivity index (χ3n) is 5.91. The molecule has 1 aromatic heterocycles. The quantitative estimate of drug-likeness (QED) is 0.336. The number of aromatic carboxylic acids is 1. The number of hydrogen-bond donors (Lipinski definition) is 2. The Morgan fingerprint density at radius 1 is 0.971 bits per heavy atom. The fraction of sp³-hybridized carbons (Fsp3) is 0.154. The number of para-hydroxylation sites is 1. The third-order valence-corrected chi connectivity index (χ3v) is 6.20. The molecule has 172 valence electrons. The Kier molecular flexibility index (Phi) is 5.93. The molecule has 8 heteroatoms. The maximum atomic E-state index is 13.4. The fourth-order valence-corrected chi connectivity index (χ4v) is 4.46. The largest absolute Gasteiger partial charge is 0.478 e. The minimum absolute atomic E-state index is 0.0185. The van der Waals surface area contributed by atoms with Crippen LogP contribution in [0.15, 0.2) is 54.1 Å². The van der Waals surface area contributed by atoms with E-state index < -0.39 is 17.8 Å². The van der Waals surface area contributed by atoms with Crippen molar-refractivity contribution in [3.8, 4) is 5.69 Å². The lowest BCUT2D eigenvalue weighted by Gasteiger charge is -2.30. The Balaban J connectivity index is 1.78. The summed E-state index contributed by atoms with van der Waals surface area (Å²) in [6, 6.07) is 14.1. The molecule has 0 bridgehead atoms. The van der Waals surface area contributed by atoms with Crippen LogP contribution >= 0.6 is 12.2 Å². The predicted molar refractivity (Wildman–Crippen MR) is 134 cm³/mol. The van der Waals surface area contributed by atoms with Gasteiger partial charge in [0.25, 0.3) is 11.8 Å². The van der Waals surface area contributed by atoms with Gasteiger partial charge in [0.15, 0.2) is 5.11 Å². The molecular formula is C26H23N3O4S. The predicted octanol–water partition coefficient (Wildman–Crippen LogP) is 4.24. The number of benzene rings is 2. The van der Waals surface area contributed by atoms with Crippen LogP contribution in [0.1, 0.15) is 38.4 Å². The Bertz CT molecular complexity index is 1420. The van der Waals surface area contributed by atoms with Crippen LogP contribution in [0.25, 0.3) is 11.8 Å². The SMILES string of the molecule is Cc1ccccc1N1C(=O)/C(=C/c2cc(C)n(-c3ccc(C(=O)O)cc3C)c2C)C(=O)NC1=S. The topological polar surface area (TPSA) is 91.6 Å². The second-order valence-electron chi connectivity index (χ2n) is 8.21. The van der Waals surface area contributed by atoms with Crippen LogP contribution in [-0.4, -0.2) is 32.6 Å². The second kappa shape index (κ2) is 8.72. The summed E-state index contributed by atoms with van der Waals surface area (Å²) in [7, 11) is 0. The van der Waals surface area contributed by atoms with Crippen LogP contribution in [0.2, 0.25) is 0 Å². The molecule has 2 aromatic carbocycles. The first-order valence-electron chi connectivity index (χ1n) is 10.6. The van der Waals surface area contributed by atoms with Gasteiger partial charge in [0.05, 0.1) is 11.3 Å². The molecule has 7 nitrogen and oxygen atoms in total. The van der Waals surface area contributed by atoms with E-state index in [1.54, 1.807) is 30.3 Å². The molecule has 34 heavy (non-hydrogen) atoms. The first kappa shape index (κ1) is 23.1. The Hall–Kier alpha value is -4.04. The summed E-state index contributed by atoms with van der Waals surface area (Å²) in [5, 5.41) is 11.9. The number of carbonyl (C=O) groups is 3. The van der Waals surface area contributed by atoms with Gasteiger partial charge in [0, 0.05) is 17.1 Å². The minimum Gasteiger partial charge on any atom is -0.478 e. The molecule has 3 aromatic rings. The van der Waals surface area contributed by atoms with Gasteiger partial charge < -0.3 is 9.67 Å². The molecule has 1 aliphatic heterocycles.